The molecule has 92 valence electrons. The molecule has 0 radical (unpaired) electrons. The van der Waals surface area contributed by atoms with Gasteiger partial charge in [0.25, 0.3) is 0 Å². The molecule has 0 amide bonds. The van der Waals surface area contributed by atoms with Gasteiger partial charge in [-0.3, -0.25) is 4.68 Å². The second-order valence-corrected chi connectivity index (χ2v) is 3.93. The molecular formula is C11H22N4O. The molecule has 0 saturated carbocycles. The molecule has 0 spiro atoms. The van der Waals surface area contributed by atoms with E-state index in [1.807, 2.05) is 7.05 Å². The van der Waals surface area contributed by atoms with Gasteiger partial charge in [-0.05, 0) is 19.4 Å². The van der Waals surface area contributed by atoms with Crippen molar-refractivity contribution in [3.05, 3.63) is 6.33 Å². The second kappa shape index (κ2) is 7.22. The van der Waals surface area contributed by atoms with Crippen LogP contribution >= 0.6 is 0 Å². The second-order valence-electron chi connectivity index (χ2n) is 3.93. The molecule has 0 bridgehead atoms. The standard InChI is InChI=1S/C11H22N4O/c1-4-6-10(8-12-7-5-2)16-11-13-9-15(3)14-11/h9-10,12H,4-8H2,1-3H3. The number of nitrogens with one attached hydrogen (secondary N) is 1. The SMILES string of the molecule is CCCNCC(CCC)Oc1ncn(C)n1. The molecule has 5 nitrogen and oxygen atoms in total. The zero-order chi connectivity index (χ0) is 11.8. The van der Waals surface area contributed by atoms with E-state index >= 15 is 0 Å². The fourth-order valence-corrected chi connectivity index (χ4v) is 1.49. The van der Waals surface area contributed by atoms with Gasteiger partial charge >= 0.3 is 6.01 Å². The van der Waals surface area contributed by atoms with Gasteiger partial charge in [0, 0.05) is 13.6 Å². The van der Waals surface area contributed by atoms with Crippen LogP contribution in [-0.4, -0.2) is 34.0 Å². The summed E-state index contributed by atoms with van der Waals surface area (Å²) in [4.78, 5) is 4.07. The molecule has 1 atom stereocenters. The van der Waals surface area contributed by atoms with Crippen molar-refractivity contribution >= 4 is 0 Å². The van der Waals surface area contributed by atoms with Gasteiger partial charge in [-0.25, -0.2) is 0 Å². The summed E-state index contributed by atoms with van der Waals surface area (Å²) in [7, 11) is 1.84. The van der Waals surface area contributed by atoms with Crippen LogP contribution in [0.15, 0.2) is 6.33 Å². The van der Waals surface area contributed by atoms with Crippen LogP contribution in [-0.2, 0) is 7.05 Å². The van der Waals surface area contributed by atoms with Crippen molar-refractivity contribution in [2.24, 2.45) is 7.05 Å². The van der Waals surface area contributed by atoms with E-state index in [0.29, 0.717) is 6.01 Å². The van der Waals surface area contributed by atoms with Crippen LogP contribution in [0, 0.1) is 0 Å². The maximum absolute atomic E-state index is 5.72. The fourth-order valence-electron chi connectivity index (χ4n) is 1.49. The molecule has 5 heteroatoms. The third kappa shape index (κ3) is 4.61. The molecule has 0 saturated heterocycles. The molecule has 1 heterocycles. The van der Waals surface area contributed by atoms with Gasteiger partial charge in [0.2, 0.25) is 0 Å². The highest BCUT2D eigenvalue weighted by molar-refractivity contribution is 4.89. The van der Waals surface area contributed by atoms with Crippen molar-refractivity contribution in [1.82, 2.24) is 20.1 Å². The summed E-state index contributed by atoms with van der Waals surface area (Å²) < 4.78 is 7.37. The molecule has 0 aliphatic heterocycles. The van der Waals surface area contributed by atoms with Crippen LogP contribution in [0.3, 0.4) is 0 Å². The molecule has 0 aliphatic rings. The van der Waals surface area contributed by atoms with Crippen molar-refractivity contribution < 1.29 is 4.74 Å². The molecule has 0 aromatic carbocycles. The zero-order valence-corrected chi connectivity index (χ0v) is 10.4. The van der Waals surface area contributed by atoms with Crippen LogP contribution < -0.4 is 10.1 Å². The monoisotopic (exact) mass is 226 g/mol. The molecule has 0 aliphatic carbocycles. The lowest BCUT2D eigenvalue weighted by Crippen LogP contribution is -2.32. The average Bonchev–Trinajstić information content (AvgIpc) is 2.65. The van der Waals surface area contributed by atoms with E-state index in [0.717, 1.165) is 32.4 Å². The highest BCUT2D eigenvalue weighted by atomic mass is 16.5. The van der Waals surface area contributed by atoms with E-state index in [1.165, 1.54) is 0 Å². The van der Waals surface area contributed by atoms with E-state index in [2.05, 4.69) is 29.2 Å². The summed E-state index contributed by atoms with van der Waals surface area (Å²) in [6.07, 6.45) is 5.08. The minimum atomic E-state index is 0.166. The van der Waals surface area contributed by atoms with E-state index in [-0.39, 0.29) is 6.10 Å². The molecule has 1 N–H and O–H groups in total. The Kier molecular flexibility index (Phi) is 5.85. The summed E-state index contributed by atoms with van der Waals surface area (Å²) in [6.45, 7) is 6.20. The predicted octanol–water partition coefficient (Wildman–Crippen LogP) is 1.36. The minimum Gasteiger partial charge on any atom is -0.458 e. The highest BCUT2D eigenvalue weighted by Gasteiger charge is 2.11. The van der Waals surface area contributed by atoms with E-state index in [9.17, 15) is 0 Å². The first-order valence-electron chi connectivity index (χ1n) is 5.99. The Hall–Kier alpha value is -1.10. The molecule has 0 fully saturated rings. The van der Waals surface area contributed by atoms with Crippen LogP contribution in [0.1, 0.15) is 33.1 Å². The Bertz CT molecular complexity index is 287. The van der Waals surface area contributed by atoms with Gasteiger partial charge in [0.1, 0.15) is 12.4 Å². The third-order valence-corrected chi connectivity index (χ3v) is 2.26. The Labute approximate surface area is 97.2 Å². The Morgan fingerprint density at radius 2 is 2.25 bits per heavy atom. The Morgan fingerprint density at radius 3 is 2.81 bits per heavy atom. The van der Waals surface area contributed by atoms with Gasteiger partial charge < -0.3 is 10.1 Å². The molecule has 1 aromatic heterocycles. The van der Waals surface area contributed by atoms with Gasteiger partial charge in [-0.2, -0.15) is 4.98 Å². The first kappa shape index (κ1) is 13.0. The number of aromatic nitrogens is 3. The largest absolute Gasteiger partial charge is 0.458 e. The summed E-state index contributed by atoms with van der Waals surface area (Å²) in [5, 5.41) is 7.48. The first-order valence-corrected chi connectivity index (χ1v) is 5.99. The number of aryl methyl sites for hydroxylation is 1. The topological polar surface area (TPSA) is 52.0 Å². The quantitative estimate of drug-likeness (QED) is 0.680. The third-order valence-electron chi connectivity index (χ3n) is 2.26. The lowest BCUT2D eigenvalue weighted by molar-refractivity contribution is 0.171. The van der Waals surface area contributed by atoms with Crippen LogP contribution in [0.4, 0.5) is 0 Å². The van der Waals surface area contributed by atoms with Crippen molar-refractivity contribution in [2.45, 2.75) is 39.2 Å². The van der Waals surface area contributed by atoms with E-state index in [4.69, 9.17) is 4.74 Å². The van der Waals surface area contributed by atoms with E-state index in [1.54, 1.807) is 11.0 Å². The van der Waals surface area contributed by atoms with Gasteiger partial charge in [-0.15, -0.1) is 5.10 Å². The summed E-state index contributed by atoms with van der Waals surface area (Å²) in [5.41, 5.74) is 0. The van der Waals surface area contributed by atoms with Gasteiger partial charge in [-0.1, -0.05) is 20.3 Å². The lowest BCUT2D eigenvalue weighted by Gasteiger charge is -2.16. The smallest absolute Gasteiger partial charge is 0.335 e. The zero-order valence-electron chi connectivity index (χ0n) is 10.4. The number of ether oxygens (including phenoxy) is 1. The summed E-state index contributed by atoms with van der Waals surface area (Å²) in [5.74, 6) is 0. The molecule has 1 rings (SSSR count). The van der Waals surface area contributed by atoms with Gasteiger partial charge in [0.15, 0.2) is 0 Å². The normalized spacial score (nSPS) is 12.7. The van der Waals surface area contributed by atoms with Crippen LogP contribution in [0.2, 0.25) is 0 Å². The summed E-state index contributed by atoms with van der Waals surface area (Å²) in [6, 6.07) is 0.472. The summed E-state index contributed by atoms with van der Waals surface area (Å²) >= 11 is 0. The molecule has 16 heavy (non-hydrogen) atoms. The molecule has 1 unspecified atom stereocenters. The van der Waals surface area contributed by atoms with Crippen molar-refractivity contribution in [3.8, 4) is 6.01 Å². The van der Waals surface area contributed by atoms with Gasteiger partial charge in [0.05, 0.1) is 0 Å². The number of hydrogen-bond donors (Lipinski definition) is 1. The highest BCUT2D eigenvalue weighted by Crippen LogP contribution is 2.06. The number of rotatable bonds is 8. The maximum Gasteiger partial charge on any atom is 0.335 e. The maximum atomic E-state index is 5.72. The van der Waals surface area contributed by atoms with Crippen molar-refractivity contribution in [2.75, 3.05) is 13.1 Å². The average molecular weight is 226 g/mol. The van der Waals surface area contributed by atoms with E-state index < -0.39 is 0 Å². The Morgan fingerprint density at radius 1 is 1.44 bits per heavy atom. The van der Waals surface area contributed by atoms with Crippen LogP contribution in [0.5, 0.6) is 6.01 Å². The number of nitrogens with zero attached hydrogens (tertiary/aromatic N) is 3. The number of hydrogen-bond acceptors (Lipinski definition) is 4. The van der Waals surface area contributed by atoms with Crippen LogP contribution in [0.25, 0.3) is 0 Å². The predicted molar refractivity (Wildman–Crippen MR) is 63.5 cm³/mol. The minimum absolute atomic E-state index is 0.166. The fraction of sp³-hybridized carbons (Fsp3) is 0.818. The Balaban J connectivity index is 2.37. The molecular weight excluding hydrogens is 204 g/mol. The van der Waals surface area contributed by atoms with Crippen molar-refractivity contribution in [1.29, 1.82) is 0 Å². The lowest BCUT2D eigenvalue weighted by atomic mass is 10.2. The van der Waals surface area contributed by atoms with Crippen molar-refractivity contribution in [3.63, 3.8) is 0 Å². The first-order chi connectivity index (χ1) is 7.76. The molecule has 1 aromatic rings.